The Morgan fingerprint density at radius 3 is 2.55 bits per heavy atom. The van der Waals surface area contributed by atoms with E-state index in [0.29, 0.717) is 23.0 Å². The topological polar surface area (TPSA) is 49.4 Å². The fourth-order valence-electron chi connectivity index (χ4n) is 4.47. The molecule has 2 amide bonds. The van der Waals surface area contributed by atoms with Gasteiger partial charge in [-0.15, -0.1) is 0 Å². The molecule has 1 N–H and O–H groups in total. The minimum Gasteiger partial charge on any atom is -0.324 e. The van der Waals surface area contributed by atoms with Crippen molar-refractivity contribution in [1.29, 1.82) is 0 Å². The number of nitrogens with one attached hydrogen (secondary N) is 1. The second-order valence-corrected chi connectivity index (χ2v) is 8.40. The van der Waals surface area contributed by atoms with Gasteiger partial charge in [-0.2, -0.15) is 0 Å². The molecular weight excluding hydrogens is 391 g/mol. The smallest absolute Gasteiger partial charge is 0.244 e. The Labute approximate surface area is 175 Å². The van der Waals surface area contributed by atoms with Gasteiger partial charge in [0.2, 0.25) is 11.8 Å². The fraction of sp³-hybridized carbons (Fsp3) is 0.391. The number of fused-ring (bicyclic) bond motifs is 1. The molecule has 0 aromatic heterocycles. The van der Waals surface area contributed by atoms with Crippen molar-refractivity contribution >= 4 is 29.1 Å². The first-order valence-corrected chi connectivity index (χ1v) is 10.5. The van der Waals surface area contributed by atoms with Crippen LogP contribution in [0, 0.1) is 11.7 Å². The van der Waals surface area contributed by atoms with E-state index in [1.807, 2.05) is 0 Å². The number of hydrogen-bond acceptors (Lipinski definition) is 2. The highest BCUT2D eigenvalue weighted by molar-refractivity contribution is 6.30. The number of carbonyl (C=O) groups excluding carboxylic acids is 2. The monoisotopic (exact) mass is 414 g/mol. The molecule has 2 aliphatic rings. The first-order chi connectivity index (χ1) is 14.0. The largest absolute Gasteiger partial charge is 0.324 e. The minimum atomic E-state index is -0.501. The van der Waals surface area contributed by atoms with Crippen LogP contribution in [0.25, 0.3) is 0 Å². The second-order valence-electron chi connectivity index (χ2n) is 7.96. The predicted molar refractivity (Wildman–Crippen MR) is 111 cm³/mol. The molecule has 4 rings (SSSR count). The molecule has 1 heterocycles. The van der Waals surface area contributed by atoms with Crippen molar-refractivity contribution in [2.75, 3.05) is 11.9 Å². The quantitative estimate of drug-likeness (QED) is 0.738. The molecule has 152 valence electrons. The first-order valence-electron chi connectivity index (χ1n) is 10.2. The standard InChI is InChI=1S/C23H24ClFN2O2/c24-17-8-11-20-19(13-17)23(16-6-9-18(25)10-7-16)27(14-21(28)26-20)22(29)12-15-4-2-1-3-5-15/h6-11,13,15,23H,1-5,12,14H2,(H,26,28)/t23-/m0/s1. The Morgan fingerprint density at radius 1 is 1.10 bits per heavy atom. The molecule has 29 heavy (non-hydrogen) atoms. The van der Waals surface area contributed by atoms with Gasteiger partial charge in [-0.05, 0) is 54.7 Å². The van der Waals surface area contributed by atoms with Crippen molar-refractivity contribution in [2.45, 2.75) is 44.6 Å². The summed E-state index contributed by atoms with van der Waals surface area (Å²) in [5.74, 6) is -0.275. The third kappa shape index (κ3) is 4.45. The van der Waals surface area contributed by atoms with Gasteiger partial charge in [0.25, 0.3) is 0 Å². The summed E-state index contributed by atoms with van der Waals surface area (Å²) in [5.41, 5.74) is 2.12. The highest BCUT2D eigenvalue weighted by Gasteiger charge is 2.34. The van der Waals surface area contributed by atoms with Gasteiger partial charge in [-0.25, -0.2) is 4.39 Å². The van der Waals surface area contributed by atoms with Crippen molar-refractivity contribution < 1.29 is 14.0 Å². The summed E-state index contributed by atoms with van der Waals surface area (Å²) >= 11 is 6.25. The molecule has 2 aromatic rings. The maximum atomic E-state index is 13.6. The second kappa shape index (κ2) is 8.54. The van der Waals surface area contributed by atoms with Crippen molar-refractivity contribution in [2.24, 2.45) is 5.92 Å². The van der Waals surface area contributed by atoms with Crippen LogP contribution in [0.2, 0.25) is 5.02 Å². The van der Waals surface area contributed by atoms with Gasteiger partial charge in [0.15, 0.2) is 0 Å². The van der Waals surface area contributed by atoms with Crippen molar-refractivity contribution in [3.8, 4) is 0 Å². The summed E-state index contributed by atoms with van der Waals surface area (Å²) in [6.07, 6.45) is 6.06. The lowest BCUT2D eigenvalue weighted by Gasteiger charge is -2.32. The van der Waals surface area contributed by atoms with Crippen LogP contribution >= 0.6 is 11.6 Å². The molecule has 0 spiro atoms. The van der Waals surface area contributed by atoms with Crippen LogP contribution in [0.15, 0.2) is 42.5 Å². The Morgan fingerprint density at radius 2 is 1.83 bits per heavy atom. The Kier molecular flexibility index (Phi) is 5.86. The molecule has 0 unspecified atom stereocenters. The van der Waals surface area contributed by atoms with E-state index >= 15 is 0 Å². The van der Waals surface area contributed by atoms with E-state index in [1.165, 1.54) is 18.6 Å². The molecule has 0 radical (unpaired) electrons. The lowest BCUT2D eigenvalue weighted by molar-refractivity contribution is -0.137. The highest BCUT2D eigenvalue weighted by atomic mass is 35.5. The number of nitrogens with zero attached hydrogens (tertiary/aromatic N) is 1. The third-order valence-electron chi connectivity index (χ3n) is 5.90. The van der Waals surface area contributed by atoms with Gasteiger partial charge in [0, 0.05) is 22.7 Å². The van der Waals surface area contributed by atoms with Crippen LogP contribution in [-0.2, 0) is 9.59 Å². The molecule has 4 nitrogen and oxygen atoms in total. The predicted octanol–water partition coefficient (Wildman–Crippen LogP) is 5.32. The summed E-state index contributed by atoms with van der Waals surface area (Å²) < 4.78 is 13.6. The van der Waals surface area contributed by atoms with Gasteiger partial charge in [0.05, 0.1) is 6.04 Å². The molecule has 0 bridgehead atoms. The van der Waals surface area contributed by atoms with E-state index < -0.39 is 6.04 Å². The van der Waals surface area contributed by atoms with Crippen LogP contribution in [0.5, 0.6) is 0 Å². The molecule has 1 aliphatic heterocycles. The summed E-state index contributed by atoms with van der Waals surface area (Å²) in [4.78, 5) is 27.5. The summed E-state index contributed by atoms with van der Waals surface area (Å²) in [6.45, 7) is -0.0418. The third-order valence-corrected chi connectivity index (χ3v) is 6.14. The zero-order valence-corrected chi connectivity index (χ0v) is 16.9. The molecule has 1 saturated carbocycles. The number of hydrogen-bond donors (Lipinski definition) is 1. The number of benzene rings is 2. The lowest BCUT2D eigenvalue weighted by Crippen LogP contribution is -2.39. The maximum absolute atomic E-state index is 13.6. The SMILES string of the molecule is O=C1CN(C(=O)CC2CCCCC2)[C@@H](c2ccc(F)cc2)c2cc(Cl)ccc2N1. The van der Waals surface area contributed by atoms with E-state index in [4.69, 9.17) is 11.6 Å². The van der Waals surface area contributed by atoms with Crippen LogP contribution in [-0.4, -0.2) is 23.3 Å². The fourth-order valence-corrected chi connectivity index (χ4v) is 4.65. The van der Waals surface area contributed by atoms with Crippen molar-refractivity contribution in [3.05, 3.63) is 64.4 Å². The van der Waals surface area contributed by atoms with Gasteiger partial charge < -0.3 is 10.2 Å². The van der Waals surface area contributed by atoms with Gasteiger partial charge in [-0.3, -0.25) is 9.59 Å². The highest BCUT2D eigenvalue weighted by Crippen LogP contribution is 2.38. The number of rotatable bonds is 3. The van der Waals surface area contributed by atoms with Gasteiger partial charge in [0.1, 0.15) is 12.4 Å². The Balaban J connectivity index is 1.74. The van der Waals surface area contributed by atoms with E-state index in [-0.39, 0.29) is 24.2 Å². The van der Waals surface area contributed by atoms with Crippen molar-refractivity contribution in [1.82, 2.24) is 4.90 Å². The maximum Gasteiger partial charge on any atom is 0.244 e. The minimum absolute atomic E-state index is 0.0418. The number of halogens is 2. The summed E-state index contributed by atoms with van der Waals surface area (Å²) in [5, 5.41) is 3.40. The van der Waals surface area contributed by atoms with Crippen LogP contribution < -0.4 is 5.32 Å². The number of amides is 2. The first kappa shape index (κ1) is 19.9. The van der Waals surface area contributed by atoms with E-state index in [9.17, 15) is 14.0 Å². The molecule has 1 fully saturated rings. The van der Waals surface area contributed by atoms with E-state index in [0.717, 1.165) is 36.8 Å². The van der Waals surface area contributed by atoms with Crippen LogP contribution in [0.1, 0.15) is 55.7 Å². The Bertz CT molecular complexity index is 910. The van der Waals surface area contributed by atoms with Gasteiger partial charge >= 0.3 is 0 Å². The zero-order valence-electron chi connectivity index (χ0n) is 16.2. The molecule has 2 aromatic carbocycles. The molecule has 1 aliphatic carbocycles. The summed E-state index contributed by atoms with van der Waals surface area (Å²) in [7, 11) is 0. The average Bonchev–Trinajstić information content (AvgIpc) is 2.85. The van der Waals surface area contributed by atoms with Crippen LogP contribution in [0.4, 0.5) is 10.1 Å². The normalized spacial score (nSPS) is 20.0. The zero-order chi connectivity index (χ0) is 20.4. The summed E-state index contributed by atoms with van der Waals surface area (Å²) in [6, 6.07) is 10.8. The number of anilines is 1. The molecule has 0 saturated heterocycles. The number of carbonyl (C=O) groups is 2. The van der Waals surface area contributed by atoms with E-state index in [1.54, 1.807) is 35.2 Å². The average molecular weight is 415 g/mol. The lowest BCUT2D eigenvalue weighted by atomic mass is 9.86. The van der Waals surface area contributed by atoms with Gasteiger partial charge in [-0.1, -0.05) is 43.0 Å². The van der Waals surface area contributed by atoms with E-state index in [2.05, 4.69) is 5.32 Å². The molecule has 6 heteroatoms. The molecule has 1 atom stereocenters. The molecular formula is C23H24ClFN2O2. The van der Waals surface area contributed by atoms with Crippen LogP contribution in [0.3, 0.4) is 0 Å². The Hall–Kier alpha value is -2.40. The van der Waals surface area contributed by atoms with Crippen molar-refractivity contribution in [3.63, 3.8) is 0 Å².